The second-order valence-electron chi connectivity index (χ2n) is 6.07. The molecule has 4 nitrogen and oxygen atoms in total. The van der Waals surface area contributed by atoms with Gasteiger partial charge in [0.15, 0.2) is 0 Å². The summed E-state index contributed by atoms with van der Waals surface area (Å²) in [6.07, 6.45) is 3.43. The Balaban J connectivity index is 1.88. The maximum absolute atomic E-state index is 12.6. The molecule has 0 radical (unpaired) electrons. The first-order chi connectivity index (χ1) is 11.1. The third kappa shape index (κ3) is 4.68. The zero-order valence-electron chi connectivity index (χ0n) is 13.8. The third-order valence-corrected chi connectivity index (χ3v) is 5.53. The molecule has 2 rings (SSSR count). The quantitative estimate of drug-likeness (QED) is 0.731. The smallest absolute Gasteiger partial charge is 0.254 e. The highest BCUT2D eigenvalue weighted by Gasteiger charge is 2.26. The van der Waals surface area contributed by atoms with Gasteiger partial charge in [-0.05, 0) is 60.4 Å². The maximum Gasteiger partial charge on any atom is 0.254 e. The summed E-state index contributed by atoms with van der Waals surface area (Å²) in [5.41, 5.74) is 0.771. The van der Waals surface area contributed by atoms with Crippen molar-refractivity contribution in [2.45, 2.75) is 45.6 Å². The summed E-state index contributed by atoms with van der Waals surface area (Å²) in [5.74, 6) is 0.373. The van der Waals surface area contributed by atoms with E-state index in [-0.39, 0.29) is 23.8 Å². The van der Waals surface area contributed by atoms with Crippen molar-refractivity contribution < 1.29 is 9.59 Å². The van der Waals surface area contributed by atoms with Crippen LogP contribution < -0.4 is 5.32 Å². The van der Waals surface area contributed by atoms with Gasteiger partial charge in [0.25, 0.3) is 5.91 Å². The van der Waals surface area contributed by atoms with Crippen LogP contribution in [0.3, 0.4) is 0 Å². The van der Waals surface area contributed by atoms with Gasteiger partial charge in [-0.1, -0.05) is 26.0 Å². The van der Waals surface area contributed by atoms with E-state index < -0.39 is 0 Å². The molecule has 1 N–H and O–H groups in total. The number of nitrogens with zero attached hydrogens (tertiary/aromatic N) is 1. The summed E-state index contributed by atoms with van der Waals surface area (Å²) >= 11 is 2.20. The topological polar surface area (TPSA) is 49.4 Å². The summed E-state index contributed by atoms with van der Waals surface area (Å²) in [5, 5.41) is 3.15. The van der Waals surface area contributed by atoms with Crippen LogP contribution in [0, 0.1) is 9.49 Å². The molecule has 1 aliphatic heterocycles. The predicted molar refractivity (Wildman–Crippen MR) is 100 cm³/mol. The zero-order chi connectivity index (χ0) is 16.8. The number of amides is 2. The number of carbonyl (C=O) groups is 2. The molecule has 0 unspecified atom stereocenters. The Bertz CT molecular complexity index is 550. The van der Waals surface area contributed by atoms with Gasteiger partial charge in [0, 0.05) is 28.6 Å². The van der Waals surface area contributed by atoms with E-state index in [4.69, 9.17) is 0 Å². The molecule has 0 spiro atoms. The fourth-order valence-corrected chi connectivity index (χ4v) is 3.63. The second kappa shape index (κ2) is 8.66. The number of piperidine rings is 1. The zero-order valence-corrected chi connectivity index (χ0v) is 16.0. The molecule has 1 aromatic carbocycles. The summed E-state index contributed by atoms with van der Waals surface area (Å²) in [6, 6.07) is 7.87. The molecular weight excluding hydrogens is 403 g/mol. The van der Waals surface area contributed by atoms with Gasteiger partial charge in [-0.3, -0.25) is 9.59 Å². The highest BCUT2D eigenvalue weighted by molar-refractivity contribution is 14.1. The van der Waals surface area contributed by atoms with Crippen molar-refractivity contribution in [2.75, 3.05) is 13.1 Å². The highest BCUT2D eigenvalue weighted by Crippen LogP contribution is 2.18. The van der Waals surface area contributed by atoms with Crippen LogP contribution in [0.4, 0.5) is 0 Å². The van der Waals surface area contributed by atoms with E-state index in [1.54, 1.807) is 0 Å². The summed E-state index contributed by atoms with van der Waals surface area (Å²) < 4.78 is 0.985. The number of rotatable bonds is 5. The number of halogens is 1. The molecular formula is C18H25IN2O2. The summed E-state index contributed by atoms with van der Waals surface area (Å²) in [6.45, 7) is 5.52. The van der Waals surface area contributed by atoms with Crippen LogP contribution in [0.5, 0.6) is 0 Å². The third-order valence-electron chi connectivity index (χ3n) is 4.59. The van der Waals surface area contributed by atoms with E-state index in [1.807, 2.05) is 29.2 Å². The van der Waals surface area contributed by atoms with E-state index in [1.165, 1.54) is 0 Å². The summed E-state index contributed by atoms with van der Waals surface area (Å²) in [4.78, 5) is 26.6. The Labute approximate surface area is 152 Å². The van der Waals surface area contributed by atoms with Gasteiger partial charge < -0.3 is 10.2 Å². The molecule has 0 bridgehead atoms. The van der Waals surface area contributed by atoms with Gasteiger partial charge in [-0.15, -0.1) is 0 Å². The first-order valence-corrected chi connectivity index (χ1v) is 9.48. The van der Waals surface area contributed by atoms with E-state index in [9.17, 15) is 9.59 Å². The molecule has 1 saturated heterocycles. The van der Waals surface area contributed by atoms with Gasteiger partial charge in [0.05, 0.1) is 5.56 Å². The van der Waals surface area contributed by atoms with Crippen molar-refractivity contribution >= 4 is 34.4 Å². The fraction of sp³-hybridized carbons (Fsp3) is 0.556. The predicted octanol–water partition coefficient (Wildman–Crippen LogP) is 3.45. The molecule has 1 heterocycles. The van der Waals surface area contributed by atoms with E-state index in [0.717, 1.165) is 34.8 Å². The van der Waals surface area contributed by atoms with Gasteiger partial charge in [-0.25, -0.2) is 0 Å². The first kappa shape index (κ1) is 18.2. The molecule has 0 saturated carbocycles. The number of carbonyl (C=O) groups excluding carboxylic acids is 2. The lowest BCUT2D eigenvalue weighted by atomic mass is 9.99. The molecule has 23 heavy (non-hydrogen) atoms. The van der Waals surface area contributed by atoms with Gasteiger partial charge >= 0.3 is 0 Å². The van der Waals surface area contributed by atoms with Crippen LogP contribution in [-0.2, 0) is 4.79 Å². The van der Waals surface area contributed by atoms with Crippen LogP contribution in [0.1, 0.15) is 49.9 Å². The number of benzene rings is 1. The average molecular weight is 428 g/mol. The molecule has 1 aliphatic rings. The minimum atomic E-state index is 0.0970. The van der Waals surface area contributed by atoms with Crippen LogP contribution >= 0.6 is 22.6 Å². The molecule has 2 amide bonds. The Morgan fingerprint density at radius 2 is 1.83 bits per heavy atom. The minimum absolute atomic E-state index is 0.0970. The monoisotopic (exact) mass is 428 g/mol. The van der Waals surface area contributed by atoms with Crippen molar-refractivity contribution in [1.29, 1.82) is 0 Å². The average Bonchev–Trinajstić information content (AvgIpc) is 2.56. The summed E-state index contributed by atoms with van der Waals surface area (Å²) in [7, 11) is 0. The van der Waals surface area contributed by atoms with Crippen LogP contribution in [0.15, 0.2) is 24.3 Å². The lowest BCUT2D eigenvalue weighted by molar-refractivity contribution is -0.126. The fourth-order valence-electron chi connectivity index (χ4n) is 3.01. The SMILES string of the molecule is CCC(CC)C(=O)NC1CCN(C(=O)c2ccccc2I)CC1. The molecule has 1 aromatic rings. The van der Waals surface area contributed by atoms with Crippen molar-refractivity contribution in [2.24, 2.45) is 5.92 Å². The number of hydrogen-bond acceptors (Lipinski definition) is 2. The molecule has 1 fully saturated rings. The molecule has 126 valence electrons. The van der Waals surface area contributed by atoms with Gasteiger partial charge in [0.1, 0.15) is 0 Å². The lowest BCUT2D eigenvalue weighted by Gasteiger charge is -2.33. The normalized spacial score (nSPS) is 15.7. The van der Waals surface area contributed by atoms with Crippen molar-refractivity contribution in [3.63, 3.8) is 0 Å². The standard InChI is InChI=1S/C18H25IN2O2/c1-3-13(4-2)17(22)20-14-9-11-21(12-10-14)18(23)15-7-5-6-8-16(15)19/h5-8,13-14H,3-4,9-12H2,1-2H3,(H,20,22). The van der Waals surface area contributed by atoms with Crippen LogP contribution in [0.2, 0.25) is 0 Å². The number of nitrogens with one attached hydrogen (secondary N) is 1. The van der Waals surface area contributed by atoms with E-state index >= 15 is 0 Å². The Morgan fingerprint density at radius 3 is 2.39 bits per heavy atom. The molecule has 0 aliphatic carbocycles. The highest BCUT2D eigenvalue weighted by atomic mass is 127. The second-order valence-corrected chi connectivity index (χ2v) is 7.23. The largest absolute Gasteiger partial charge is 0.353 e. The van der Waals surface area contributed by atoms with E-state index in [2.05, 4.69) is 41.8 Å². The maximum atomic E-state index is 12.6. The lowest BCUT2D eigenvalue weighted by Crippen LogP contribution is -2.47. The van der Waals surface area contributed by atoms with Crippen LogP contribution in [0.25, 0.3) is 0 Å². The van der Waals surface area contributed by atoms with Crippen molar-refractivity contribution in [1.82, 2.24) is 10.2 Å². The van der Waals surface area contributed by atoms with Crippen molar-refractivity contribution in [3.05, 3.63) is 33.4 Å². The number of hydrogen-bond donors (Lipinski definition) is 1. The van der Waals surface area contributed by atoms with Crippen molar-refractivity contribution in [3.8, 4) is 0 Å². The Hall–Kier alpha value is -1.11. The van der Waals surface area contributed by atoms with Gasteiger partial charge in [0.2, 0.25) is 5.91 Å². The molecule has 5 heteroatoms. The van der Waals surface area contributed by atoms with E-state index in [0.29, 0.717) is 13.1 Å². The molecule has 0 aromatic heterocycles. The first-order valence-electron chi connectivity index (χ1n) is 8.41. The van der Waals surface area contributed by atoms with Crippen LogP contribution in [-0.4, -0.2) is 35.8 Å². The number of likely N-dealkylation sites (tertiary alicyclic amines) is 1. The molecule has 0 atom stereocenters. The van der Waals surface area contributed by atoms with Gasteiger partial charge in [-0.2, -0.15) is 0 Å². The Morgan fingerprint density at radius 1 is 1.22 bits per heavy atom. The minimum Gasteiger partial charge on any atom is -0.353 e. The Kier molecular flexibility index (Phi) is 6.87.